The van der Waals surface area contributed by atoms with Crippen molar-refractivity contribution in [1.82, 2.24) is 14.4 Å². The second-order valence-corrected chi connectivity index (χ2v) is 9.70. The number of aryl methyl sites for hydroxylation is 1. The van der Waals surface area contributed by atoms with Crippen molar-refractivity contribution in [3.8, 4) is 5.75 Å². The molecule has 204 valence electrons. The zero-order valence-corrected chi connectivity index (χ0v) is 23.4. The quantitative estimate of drug-likeness (QED) is 0.276. The first-order valence-corrected chi connectivity index (χ1v) is 13.3. The van der Waals surface area contributed by atoms with E-state index < -0.39 is 0 Å². The molecule has 3 aromatic rings. The van der Waals surface area contributed by atoms with Gasteiger partial charge < -0.3 is 23.8 Å². The highest BCUT2D eigenvalue weighted by Gasteiger charge is 2.25. The summed E-state index contributed by atoms with van der Waals surface area (Å²) >= 11 is 0. The molecule has 1 atom stereocenters. The Hall–Kier alpha value is -3.58. The number of carbonyl (C=O) groups excluding carboxylic acids is 2. The molecule has 7 heteroatoms. The smallest absolute Gasteiger partial charge is 0.254 e. The first-order valence-electron chi connectivity index (χ1n) is 13.3. The molecule has 0 aliphatic carbocycles. The Morgan fingerprint density at radius 1 is 1.03 bits per heavy atom. The second-order valence-electron chi connectivity index (χ2n) is 9.70. The van der Waals surface area contributed by atoms with Gasteiger partial charge in [-0.25, -0.2) is 0 Å². The fraction of sp³-hybridized carbons (Fsp3) is 0.419. The molecule has 0 aliphatic rings. The van der Waals surface area contributed by atoms with Crippen LogP contribution in [0, 0.1) is 6.92 Å². The van der Waals surface area contributed by atoms with Crippen molar-refractivity contribution < 1.29 is 19.1 Å². The molecule has 2 amide bonds. The summed E-state index contributed by atoms with van der Waals surface area (Å²) in [5.41, 5.74) is 3.83. The van der Waals surface area contributed by atoms with E-state index in [2.05, 4.69) is 30.5 Å². The summed E-state index contributed by atoms with van der Waals surface area (Å²) in [6, 6.07) is 19.6. The van der Waals surface area contributed by atoms with E-state index in [1.54, 1.807) is 19.1 Å². The minimum atomic E-state index is -0.139. The highest BCUT2D eigenvalue weighted by molar-refractivity contribution is 5.96. The van der Waals surface area contributed by atoms with Gasteiger partial charge in [-0.05, 0) is 68.7 Å². The first-order chi connectivity index (χ1) is 18.4. The van der Waals surface area contributed by atoms with Crippen LogP contribution in [0.5, 0.6) is 5.75 Å². The van der Waals surface area contributed by atoms with Gasteiger partial charge >= 0.3 is 0 Å². The Morgan fingerprint density at radius 3 is 2.47 bits per heavy atom. The van der Waals surface area contributed by atoms with E-state index in [-0.39, 0.29) is 24.4 Å². The van der Waals surface area contributed by atoms with Crippen LogP contribution in [-0.2, 0) is 22.6 Å². The molecule has 0 radical (unpaired) electrons. The average Bonchev–Trinajstić information content (AvgIpc) is 3.37. The summed E-state index contributed by atoms with van der Waals surface area (Å²) < 4.78 is 12.7. The van der Waals surface area contributed by atoms with Gasteiger partial charge in [-0.2, -0.15) is 0 Å². The number of hydrogen-bond acceptors (Lipinski definition) is 4. The van der Waals surface area contributed by atoms with Gasteiger partial charge in [0.05, 0.1) is 13.7 Å². The van der Waals surface area contributed by atoms with E-state index in [0.29, 0.717) is 38.2 Å². The second kappa shape index (κ2) is 14.4. The standard InChI is InChI=1S/C31H41N3O4/c1-6-25(3)34(22-28-11-8-17-32(28)21-26-10-7-12-29(20-26)38-5)30(35)23-33(18-9-19-37-4)31(36)27-15-13-24(2)14-16-27/h7-8,10-17,20,25H,6,9,18-19,21-23H2,1-5H3. The van der Waals surface area contributed by atoms with Crippen molar-refractivity contribution in [2.24, 2.45) is 0 Å². The summed E-state index contributed by atoms with van der Waals surface area (Å²) in [4.78, 5) is 30.6. The predicted molar refractivity (Wildman–Crippen MR) is 150 cm³/mol. The molecule has 0 N–H and O–H groups in total. The lowest BCUT2D eigenvalue weighted by Crippen LogP contribution is -2.46. The summed E-state index contributed by atoms with van der Waals surface area (Å²) in [6.07, 6.45) is 3.51. The average molecular weight is 520 g/mol. The van der Waals surface area contributed by atoms with E-state index in [4.69, 9.17) is 9.47 Å². The number of amides is 2. The molecule has 0 aliphatic heterocycles. The minimum absolute atomic E-state index is 0.0252. The summed E-state index contributed by atoms with van der Waals surface area (Å²) in [7, 11) is 3.31. The van der Waals surface area contributed by atoms with Crippen molar-refractivity contribution in [2.45, 2.75) is 52.7 Å². The number of aromatic nitrogens is 1. The van der Waals surface area contributed by atoms with E-state index >= 15 is 0 Å². The normalized spacial score (nSPS) is 11.7. The number of benzene rings is 2. The van der Waals surface area contributed by atoms with Gasteiger partial charge in [0.1, 0.15) is 12.3 Å². The van der Waals surface area contributed by atoms with Gasteiger partial charge in [-0.1, -0.05) is 36.8 Å². The summed E-state index contributed by atoms with van der Waals surface area (Å²) in [6.45, 7) is 8.27. The molecule has 7 nitrogen and oxygen atoms in total. The molecule has 3 rings (SSSR count). The van der Waals surface area contributed by atoms with E-state index in [1.165, 1.54) is 0 Å². The molecule has 1 unspecified atom stereocenters. The summed E-state index contributed by atoms with van der Waals surface area (Å²) in [5, 5.41) is 0. The Balaban J connectivity index is 1.79. The molecule has 0 fully saturated rings. The molecule has 0 spiro atoms. The van der Waals surface area contributed by atoms with E-state index in [9.17, 15) is 9.59 Å². The van der Waals surface area contributed by atoms with Gasteiger partial charge in [-0.3, -0.25) is 9.59 Å². The van der Waals surface area contributed by atoms with E-state index in [1.807, 2.05) is 66.6 Å². The van der Waals surface area contributed by atoms with E-state index in [0.717, 1.165) is 29.0 Å². The lowest BCUT2D eigenvalue weighted by atomic mass is 10.1. The number of hydrogen-bond donors (Lipinski definition) is 0. The van der Waals surface area contributed by atoms with Gasteiger partial charge in [0.2, 0.25) is 5.91 Å². The maximum absolute atomic E-state index is 13.7. The molecule has 0 bridgehead atoms. The minimum Gasteiger partial charge on any atom is -0.497 e. The zero-order valence-electron chi connectivity index (χ0n) is 23.4. The van der Waals surface area contributed by atoms with Crippen molar-refractivity contribution in [3.63, 3.8) is 0 Å². The fourth-order valence-electron chi connectivity index (χ4n) is 4.38. The molecule has 1 aromatic heterocycles. The van der Waals surface area contributed by atoms with Crippen molar-refractivity contribution in [1.29, 1.82) is 0 Å². The van der Waals surface area contributed by atoms with Gasteiger partial charge in [0, 0.05) is 50.3 Å². The van der Waals surface area contributed by atoms with Gasteiger partial charge in [0.25, 0.3) is 5.91 Å². The Kier molecular flexibility index (Phi) is 11.0. The third-order valence-electron chi connectivity index (χ3n) is 6.87. The van der Waals surface area contributed by atoms with Crippen LogP contribution >= 0.6 is 0 Å². The lowest BCUT2D eigenvalue weighted by Gasteiger charge is -2.32. The molecule has 2 aromatic carbocycles. The van der Waals surface area contributed by atoms with Crippen molar-refractivity contribution in [2.75, 3.05) is 33.9 Å². The molecule has 0 saturated heterocycles. The molecular formula is C31H41N3O4. The topological polar surface area (TPSA) is 64.0 Å². The Labute approximate surface area is 227 Å². The maximum Gasteiger partial charge on any atom is 0.254 e. The molecular weight excluding hydrogens is 478 g/mol. The molecule has 0 saturated carbocycles. The van der Waals surface area contributed by atoms with Crippen LogP contribution in [0.15, 0.2) is 66.9 Å². The number of rotatable bonds is 14. The van der Waals surface area contributed by atoms with Crippen LogP contribution in [0.4, 0.5) is 0 Å². The largest absolute Gasteiger partial charge is 0.497 e. The van der Waals surface area contributed by atoms with Crippen LogP contribution in [0.1, 0.15) is 53.9 Å². The lowest BCUT2D eigenvalue weighted by molar-refractivity contribution is -0.134. The maximum atomic E-state index is 13.7. The van der Waals surface area contributed by atoms with Gasteiger partial charge in [0.15, 0.2) is 0 Å². The van der Waals surface area contributed by atoms with Crippen LogP contribution in [0.2, 0.25) is 0 Å². The zero-order chi connectivity index (χ0) is 27.5. The first kappa shape index (κ1) is 29.0. The number of methoxy groups -OCH3 is 2. The third-order valence-corrected chi connectivity index (χ3v) is 6.87. The highest BCUT2D eigenvalue weighted by atomic mass is 16.5. The Bertz CT molecular complexity index is 1170. The third kappa shape index (κ3) is 7.96. The Morgan fingerprint density at radius 2 is 1.79 bits per heavy atom. The van der Waals surface area contributed by atoms with Crippen LogP contribution in [0.25, 0.3) is 0 Å². The van der Waals surface area contributed by atoms with Gasteiger partial charge in [-0.15, -0.1) is 0 Å². The van der Waals surface area contributed by atoms with Crippen molar-refractivity contribution >= 4 is 11.8 Å². The fourth-order valence-corrected chi connectivity index (χ4v) is 4.38. The molecule has 38 heavy (non-hydrogen) atoms. The number of carbonyl (C=O) groups is 2. The van der Waals surface area contributed by atoms with Crippen molar-refractivity contribution in [3.05, 3.63) is 89.2 Å². The summed E-state index contributed by atoms with van der Waals surface area (Å²) in [5.74, 6) is 0.616. The number of ether oxygens (including phenoxy) is 2. The van der Waals surface area contributed by atoms with Crippen LogP contribution in [-0.4, -0.2) is 66.1 Å². The van der Waals surface area contributed by atoms with Crippen LogP contribution < -0.4 is 4.74 Å². The monoisotopic (exact) mass is 519 g/mol. The SMILES string of the molecule is CCC(C)N(Cc1cccn1Cc1cccc(OC)c1)C(=O)CN(CCCOC)C(=O)c1ccc(C)cc1. The number of nitrogens with zero attached hydrogens (tertiary/aromatic N) is 3. The highest BCUT2D eigenvalue weighted by Crippen LogP contribution is 2.18. The predicted octanol–water partition coefficient (Wildman–Crippen LogP) is 5.16. The molecule has 1 heterocycles. The van der Waals surface area contributed by atoms with Crippen LogP contribution in [0.3, 0.4) is 0 Å².